The summed E-state index contributed by atoms with van der Waals surface area (Å²) in [5, 5.41) is 3.91. The third-order valence-electron chi connectivity index (χ3n) is 3.32. The van der Waals surface area contributed by atoms with Crippen LogP contribution in [0.4, 0.5) is 10.9 Å². The summed E-state index contributed by atoms with van der Waals surface area (Å²) in [7, 11) is 0. The minimum absolute atomic E-state index is 0.0269. The highest BCUT2D eigenvalue weighted by molar-refractivity contribution is 7.18. The number of hydrogen-bond donors (Lipinski definition) is 2. The van der Waals surface area contributed by atoms with Crippen molar-refractivity contribution in [1.82, 2.24) is 9.88 Å². The largest absolute Gasteiger partial charge is 0.382 e. The Labute approximate surface area is 118 Å². The summed E-state index contributed by atoms with van der Waals surface area (Å²) in [5.74, 6) is 0.370. The van der Waals surface area contributed by atoms with Crippen molar-refractivity contribution >= 4 is 28.2 Å². The van der Waals surface area contributed by atoms with Gasteiger partial charge in [-0.2, -0.15) is 0 Å². The molecule has 0 spiro atoms. The van der Waals surface area contributed by atoms with Gasteiger partial charge in [0.2, 0.25) is 0 Å². The van der Waals surface area contributed by atoms with Crippen LogP contribution in [0.3, 0.4) is 0 Å². The van der Waals surface area contributed by atoms with E-state index in [9.17, 15) is 4.79 Å². The molecule has 1 aliphatic heterocycles. The lowest BCUT2D eigenvalue weighted by Crippen LogP contribution is -2.41. The summed E-state index contributed by atoms with van der Waals surface area (Å²) >= 11 is 1.35. The molecule has 0 radical (unpaired) electrons. The molecular weight excluding hydrogens is 260 g/mol. The van der Waals surface area contributed by atoms with Gasteiger partial charge in [-0.05, 0) is 40.0 Å². The van der Waals surface area contributed by atoms with E-state index in [0.29, 0.717) is 16.7 Å². The van der Waals surface area contributed by atoms with Gasteiger partial charge in [0, 0.05) is 18.6 Å². The standard InChI is InChI=1S/C13H22N4OS/c1-8(2)15-13-16-11(14)10(19-13)12(18)17-7-5-4-6-9(17)3/h8-9H,4-7,14H2,1-3H3,(H,15,16). The normalized spacial score (nSPS) is 19.8. The molecule has 0 bridgehead atoms. The Kier molecular flexibility index (Phi) is 4.29. The predicted molar refractivity (Wildman–Crippen MR) is 79.6 cm³/mol. The molecule has 3 N–H and O–H groups in total. The van der Waals surface area contributed by atoms with Crippen LogP contribution in [-0.4, -0.2) is 34.4 Å². The molecule has 1 aromatic rings. The van der Waals surface area contributed by atoms with Crippen molar-refractivity contribution in [1.29, 1.82) is 0 Å². The molecule has 1 fully saturated rings. The Morgan fingerprint density at radius 2 is 2.26 bits per heavy atom. The predicted octanol–water partition coefficient (Wildman–Crippen LogP) is 2.56. The summed E-state index contributed by atoms with van der Waals surface area (Å²) in [6.45, 7) is 6.99. The third kappa shape index (κ3) is 3.18. The molecule has 0 aliphatic carbocycles. The minimum Gasteiger partial charge on any atom is -0.382 e. The van der Waals surface area contributed by atoms with E-state index in [1.165, 1.54) is 17.8 Å². The van der Waals surface area contributed by atoms with Crippen LogP contribution in [0.5, 0.6) is 0 Å². The highest BCUT2D eigenvalue weighted by Gasteiger charge is 2.27. The third-order valence-corrected chi connectivity index (χ3v) is 4.31. The number of carbonyl (C=O) groups excluding carboxylic acids is 1. The molecule has 1 amide bonds. The zero-order valence-corrected chi connectivity index (χ0v) is 12.6. The quantitative estimate of drug-likeness (QED) is 0.894. The van der Waals surface area contributed by atoms with Gasteiger partial charge in [-0.15, -0.1) is 0 Å². The summed E-state index contributed by atoms with van der Waals surface area (Å²) in [5.41, 5.74) is 5.88. The summed E-state index contributed by atoms with van der Waals surface area (Å²) in [4.78, 5) is 19.2. The Hall–Kier alpha value is -1.30. The van der Waals surface area contributed by atoms with Crippen LogP contribution < -0.4 is 11.1 Å². The molecule has 0 aromatic carbocycles. The smallest absolute Gasteiger partial charge is 0.268 e. The second-order valence-electron chi connectivity index (χ2n) is 5.38. The number of likely N-dealkylation sites (tertiary alicyclic amines) is 1. The molecular formula is C13H22N4OS. The molecule has 106 valence electrons. The Bertz CT molecular complexity index is 457. The number of hydrogen-bond acceptors (Lipinski definition) is 5. The number of rotatable bonds is 3. The maximum atomic E-state index is 12.5. The van der Waals surface area contributed by atoms with Crippen molar-refractivity contribution in [2.24, 2.45) is 0 Å². The molecule has 1 saturated heterocycles. The number of nitrogens with two attached hydrogens (primary N) is 1. The van der Waals surface area contributed by atoms with E-state index in [2.05, 4.69) is 17.2 Å². The zero-order chi connectivity index (χ0) is 14.0. The number of nitrogens with zero attached hydrogens (tertiary/aromatic N) is 2. The number of nitrogen functional groups attached to an aromatic ring is 1. The fraction of sp³-hybridized carbons (Fsp3) is 0.692. The molecule has 2 heterocycles. The van der Waals surface area contributed by atoms with Crippen LogP contribution in [0, 0.1) is 0 Å². The Morgan fingerprint density at radius 1 is 1.53 bits per heavy atom. The van der Waals surface area contributed by atoms with Gasteiger partial charge in [0.1, 0.15) is 10.7 Å². The lowest BCUT2D eigenvalue weighted by molar-refractivity contribution is 0.0641. The topological polar surface area (TPSA) is 71.2 Å². The lowest BCUT2D eigenvalue weighted by Gasteiger charge is -2.33. The molecule has 2 rings (SSSR count). The van der Waals surface area contributed by atoms with Gasteiger partial charge < -0.3 is 16.0 Å². The molecule has 5 nitrogen and oxygen atoms in total. The number of amides is 1. The summed E-state index contributed by atoms with van der Waals surface area (Å²) in [6, 6.07) is 0.576. The fourth-order valence-corrected chi connectivity index (χ4v) is 3.31. The Morgan fingerprint density at radius 3 is 2.89 bits per heavy atom. The summed E-state index contributed by atoms with van der Waals surface area (Å²) in [6.07, 6.45) is 3.34. The zero-order valence-electron chi connectivity index (χ0n) is 11.8. The van der Waals surface area contributed by atoms with E-state index in [1.807, 2.05) is 18.7 Å². The van der Waals surface area contributed by atoms with Crippen LogP contribution in [0.15, 0.2) is 0 Å². The van der Waals surface area contributed by atoms with E-state index in [-0.39, 0.29) is 11.9 Å². The van der Waals surface area contributed by atoms with Gasteiger partial charge in [-0.3, -0.25) is 4.79 Å². The van der Waals surface area contributed by atoms with Gasteiger partial charge in [-0.25, -0.2) is 4.98 Å². The maximum absolute atomic E-state index is 12.5. The average Bonchev–Trinajstić information content (AvgIpc) is 2.69. The van der Waals surface area contributed by atoms with Crippen LogP contribution in [0.25, 0.3) is 0 Å². The minimum atomic E-state index is 0.0269. The van der Waals surface area contributed by atoms with Crippen molar-refractivity contribution in [2.75, 3.05) is 17.6 Å². The number of carbonyl (C=O) groups is 1. The van der Waals surface area contributed by atoms with E-state index in [0.717, 1.165) is 24.5 Å². The second-order valence-corrected chi connectivity index (χ2v) is 6.37. The van der Waals surface area contributed by atoms with Crippen LogP contribution in [-0.2, 0) is 0 Å². The number of piperidine rings is 1. The van der Waals surface area contributed by atoms with Gasteiger partial charge in [0.05, 0.1) is 0 Å². The number of anilines is 2. The lowest BCUT2D eigenvalue weighted by atomic mass is 10.0. The highest BCUT2D eigenvalue weighted by Crippen LogP contribution is 2.29. The first-order valence-corrected chi connectivity index (χ1v) is 7.64. The van der Waals surface area contributed by atoms with Crippen molar-refractivity contribution in [3.05, 3.63) is 4.88 Å². The van der Waals surface area contributed by atoms with Crippen LogP contribution >= 0.6 is 11.3 Å². The van der Waals surface area contributed by atoms with E-state index in [1.54, 1.807) is 0 Å². The molecule has 1 aliphatic rings. The molecule has 19 heavy (non-hydrogen) atoms. The average molecular weight is 282 g/mol. The molecule has 1 aromatic heterocycles. The monoisotopic (exact) mass is 282 g/mol. The number of aromatic nitrogens is 1. The summed E-state index contributed by atoms with van der Waals surface area (Å²) < 4.78 is 0. The van der Waals surface area contributed by atoms with Crippen LogP contribution in [0.2, 0.25) is 0 Å². The van der Waals surface area contributed by atoms with E-state index in [4.69, 9.17) is 5.73 Å². The molecule has 1 unspecified atom stereocenters. The second kappa shape index (κ2) is 5.77. The van der Waals surface area contributed by atoms with Gasteiger partial charge in [0.25, 0.3) is 5.91 Å². The van der Waals surface area contributed by atoms with Crippen LogP contribution in [0.1, 0.15) is 49.7 Å². The maximum Gasteiger partial charge on any atom is 0.268 e. The molecule has 1 atom stereocenters. The van der Waals surface area contributed by atoms with Crippen molar-refractivity contribution in [3.63, 3.8) is 0 Å². The first kappa shape index (κ1) is 14.1. The number of nitrogens with one attached hydrogen (secondary N) is 1. The molecule has 6 heteroatoms. The fourth-order valence-electron chi connectivity index (χ4n) is 2.32. The van der Waals surface area contributed by atoms with Gasteiger partial charge in [-0.1, -0.05) is 11.3 Å². The number of thiazole rings is 1. The molecule has 0 saturated carbocycles. The van der Waals surface area contributed by atoms with Crippen molar-refractivity contribution in [3.8, 4) is 0 Å². The highest BCUT2D eigenvalue weighted by atomic mass is 32.1. The first-order chi connectivity index (χ1) is 8.99. The Balaban J connectivity index is 2.16. The van der Waals surface area contributed by atoms with Crippen molar-refractivity contribution < 1.29 is 4.79 Å². The van der Waals surface area contributed by atoms with Gasteiger partial charge >= 0.3 is 0 Å². The van der Waals surface area contributed by atoms with Crippen molar-refractivity contribution in [2.45, 2.75) is 52.1 Å². The van der Waals surface area contributed by atoms with Gasteiger partial charge in [0.15, 0.2) is 5.13 Å². The SMILES string of the molecule is CC(C)Nc1nc(N)c(C(=O)N2CCCCC2C)s1. The first-order valence-electron chi connectivity index (χ1n) is 6.83. The van der Waals surface area contributed by atoms with E-state index < -0.39 is 0 Å². The van der Waals surface area contributed by atoms with E-state index >= 15 is 0 Å².